The lowest BCUT2D eigenvalue weighted by atomic mass is 10.1. The van der Waals surface area contributed by atoms with E-state index in [0.717, 1.165) is 28.5 Å². The molecule has 0 saturated carbocycles. The summed E-state index contributed by atoms with van der Waals surface area (Å²) in [4.78, 5) is 0. The number of hydrogen-bond donors (Lipinski definition) is 2. The van der Waals surface area contributed by atoms with Crippen molar-refractivity contribution in [3.63, 3.8) is 0 Å². The first-order valence-electron chi connectivity index (χ1n) is 5.75. The smallest absolute Gasteiger partial charge is 0.387 e. The predicted molar refractivity (Wildman–Crippen MR) is 73.5 cm³/mol. The van der Waals surface area contributed by atoms with E-state index < -0.39 is 17.9 Å². The molecule has 3 N–H and O–H groups in total. The van der Waals surface area contributed by atoms with Crippen molar-refractivity contribution in [1.29, 1.82) is 5.41 Å². The lowest BCUT2D eigenvalue weighted by Gasteiger charge is -2.18. The Morgan fingerprint density at radius 1 is 1.26 bits per heavy atom. The molecule has 1 aromatic rings. The molecule has 19 heavy (non-hydrogen) atoms. The molecule has 1 atom stereocenters. The molecular weight excluding hydrogens is 273 g/mol. The second-order valence-electron chi connectivity index (χ2n) is 4.56. The van der Waals surface area contributed by atoms with Gasteiger partial charge in [0, 0.05) is 11.5 Å². The Morgan fingerprint density at radius 2 is 1.79 bits per heavy atom. The van der Waals surface area contributed by atoms with Gasteiger partial charge in [0.2, 0.25) is 0 Å². The SMILES string of the molecule is Cc1cc(C)cc(CSCC(C(=N)N)C(F)(F)F)c1. The zero-order valence-electron chi connectivity index (χ0n) is 10.8. The van der Waals surface area contributed by atoms with Crippen LogP contribution in [0.4, 0.5) is 13.2 Å². The first kappa shape index (κ1) is 15.9. The van der Waals surface area contributed by atoms with Gasteiger partial charge in [-0.1, -0.05) is 29.3 Å². The molecule has 0 radical (unpaired) electrons. The fourth-order valence-electron chi connectivity index (χ4n) is 1.81. The summed E-state index contributed by atoms with van der Waals surface area (Å²) in [7, 11) is 0. The molecule has 0 aliphatic carbocycles. The summed E-state index contributed by atoms with van der Waals surface area (Å²) in [5.74, 6) is -2.40. The normalized spacial score (nSPS) is 13.3. The van der Waals surface area contributed by atoms with Crippen molar-refractivity contribution in [3.05, 3.63) is 34.9 Å². The maximum absolute atomic E-state index is 12.6. The Hall–Kier alpha value is -1.17. The van der Waals surface area contributed by atoms with Gasteiger partial charge < -0.3 is 5.73 Å². The lowest BCUT2D eigenvalue weighted by Crippen LogP contribution is -2.37. The van der Waals surface area contributed by atoms with Gasteiger partial charge in [-0.05, 0) is 19.4 Å². The topological polar surface area (TPSA) is 49.9 Å². The first-order valence-corrected chi connectivity index (χ1v) is 6.91. The van der Waals surface area contributed by atoms with Gasteiger partial charge in [0.05, 0.1) is 0 Å². The lowest BCUT2D eigenvalue weighted by molar-refractivity contribution is -0.150. The van der Waals surface area contributed by atoms with Crippen LogP contribution in [-0.2, 0) is 5.75 Å². The number of rotatable bonds is 5. The van der Waals surface area contributed by atoms with E-state index in [2.05, 4.69) is 0 Å². The third-order valence-corrected chi connectivity index (χ3v) is 3.71. The van der Waals surface area contributed by atoms with E-state index in [9.17, 15) is 13.2 Å². The third-order valence-electron chi connectivity index (χ3n) is 2.61. The number of hydrogen-bond acceptors (Lipinski definition) is 2. The molecule has 0 heterocycles. The first-order chi connectivity index (χ1) is 8.70. The third kappa shape index (κ3) is 5.14. The molecule has 0 fully saturated rings. The number of nitrogens with two attached hydrogens (primary N) is 1. The van der Waals surface area contributed by atoms with Gasteiger partial charge in [0.25, 0.3) is 0 Å². The van der Waals surface area contributed by atoms with Crippen LogP contribution in [0.1, 0.15) is 16.7 Å². The maximum atomic E-state index is 12.6. The summed E-state index contributed by atoms with van der Waals surface area (Å²) < 4.78 is 37.8. The number of halogens is 3. The number of benzene rings is 1. The molecule has 6 heteroatoms. The molecule has 0 aromatic heterocycles. The van der Waals surface area contributed by atoms with Crippen molar-refractivity contribution in [3.8, 4) is 0 Å². The number of thioether (sulfide) groups is 1. The Kier molecular flexibility index (Phi) is 5.29. The Balaban J connectivity index is 2.59. The second-order valence-corrected chi connectivity index (χ2v) is 5.59. The molecule has 1 rings (SSSR count). The summed E-state index contributed by atoms with van der Waals surface area (Å²) in [6.45, 7) is 3.91. The van der Waals surface area contributed by atoms with E-state index in [1.165, 1.54) is 0 Å². The van der Waals surface area contributed by atoms with E-state index >= 15 is 0 Å². The zero-order chi connectivity index (χ0) is 14.6. The second kappa shape index (κ2) is 6.32. The fourth-order valence-corrected chi connectivity index (χ4v) is 2.93. The van der Waals surface area contributed by atoms with Crippen molar-refractivity contribution in [1.82, 2.24) is 0 Å². The molecule has 2 nitrogen and oxygen atoms in total. The van der Waals surface area contributed by atoms with Gasteiger partial charge >= 0.3 is 6.18 Å². The van der Waals surface area contributed by atoms with Crippen LogP contribution in [0.3, 0.4) is 0 Å². The van der Waals surface area contributed by atoms with Crippen LogP contribution >= 0.6 is 11.8 Å². The van der Waals surface area contributed by atoms with Gasteiger partial charge in [-0.3, -0.25) is 5.41 Å². The van der Waals surface area contributed by atoms with Gasteiger partial charge in [-0.2, -0.15) is 24.9 Å². The van der Waals surface area contributed by atoms with E-state index in [1.54, 1.807) is 0 Å². The summed E-state index contributed by atoms with van der Waals surface area (Å²) in [6, 6.07) is 5.93. The highest BCUT2D eigenvalue weighted by atomic mass is 32.2. The van der Waals surface area contributed by atoms with Crippen LogP contribution in [0.2, 0.25) is 0 Å². The standard InChI is InChI=1S/C13H17F3N2S/c1-8-3-9(2)5-10(4-8)6-19-7-11(12(17)18)13(14,15)16/h3-5,11H,6-7H2,1-2H3,(H3,17,18). The van der Waals surface area contributed by atoms with Gasteiger partial charge in [-0.25, -0.2) is 0 Å². The quantitative estimate of drug-likeness (QED) is 0.642. The van der Waals surface area contributed by atoms with Crippen LogP contribution in [0.5, 0.6) is 0 Å². The molecular formula is C13H17F3N2S. The highest BCUT2D eigenvalue weighted by Gasteiger charge is 2.41. The summed E-state index contributed by atoms with van der Waals surface area (Å²) in [5, 5.41) is 7.00. The van der Waals surface area contributed by atoms with Crippen LogP contribution in [-0.4, -0.2) is 17.8 Å². The Bertz CT molecular complexity index is 437. The minimum Gasteiger partial charge on any atom is -0.387 e. The van der Waals surface area contributed by atoms with Crippen molar-refractivity contribution in [2.45, 2.75) is 25.8 Å². The van der Waals surface area contributed by atoms with Crippen molar-refractivity contribution in [2.24, 2.45) is 11.7 Å². The van der Waals surface area contributed by atoms with Crippen molar-refractivity contribution in [2.75, 3.05) is 5.75 Å². The number of aryl methyl sites for hydroxylation is 2. The summed E-state index contributed by atoms with van der Waals surface area (Å²) in [5.41, 5.74) is 8.18. The van der Waals surface area contributed by atoms with Gasteiger partial charge in [0.1, 0.15) is 11.8 Å². The zero-order valence-corrected chi connectivity index (χ0v) is 11.7. The molecule has 0 aliphatic heterocycles. The van der Waals surface area contributed by atoms with Crippen LogP contribution < -0.4 is 5.73 Å². The highest BCUT2D eigenvalue weighted by molar-refractivity contribution is 7.98. The number of amidine groups is 1. The molecule has 0 spiro atoms. The van der Waals surface area contributed by atoms with Gasteiger partial charge in [0.15, 0.2) is 0 Å². The maximum Gasteiger partial charge on any atom is 0.399 e. The molecule has 0 amide bonds. The Labute approximate surface area is 115 Å². The van der Waals surface area contributed by atoms with Crippen LogP contribution in [0.25, 0.3) is 0 Å². The molecule has 1 aromatic carbocycles. The van der Waals surface area contributed by atoms with Gasteiger partial charge in [-0.15, -0.1) is 0 Å². The number of alkyl halides is 3. The minimum absolute atomic E-state index is 0.216. The van der Waals surface area contributed by atoms with Crippen LogP contribution in [0, 0.1) is 25.2 Å². The minimum atomic E-state index is -4.44. The van der Waals surface area contributed by atoms with E-state index in [-0.39, 0.29) is 5.75 Å². The molecule has 0 bridgehead atoms. The van der Waals surface area contributed by atoms with E-state index in [4.69, 9.17) is 11.1 Å². The fraction of sp³-hybridized carbons (Fsp3) is 0.462. The monoisotopic (exact) mass is 290 g/mol. The van der Waals surface area contributed by atoms with Crippen molar-refractivity contribution < 1.29 is 13.2 Å². The summed E-state index contributed by atoms with van der Waals surface area (Å²) >= 11 is 1.15. The average molecular weight is 290 g/mol. The highest BCUT2D eigenvalue weighted by Crippen LogP contribution is 2.30. The number of nitrogens with one attached hydrogen (secondary N) is 1. The average Bonchev–Trinajstić information content (AvgIpc) is 2.20. The van der Waals surface area contributed by atoms with Crippen LogP contribution in [0.15, 0.2) is 18.2 Å². The molecule has 1 unspecified atom stereocenters. The van der Waals surface area contributed by atoms with E-state index in [1.807, 2.05) is 32.0 Å². The molecule has 0 aliphatic rings. The Morgan fingerprint density at radius 3 is 2.21 bits per heavy atom. The molecule has 0 saturated heterocycles. The largest absolute Gasteiger partial charge is 0.399 e. The van der Waals surface area contributed by atoms with Crippen molar-refractivity contribution >= 4 is 17.6 Å². The predicted octanol–water partition coefficient (Wildman–Crippen LogP) is 3.65. The van der Waals surface area contributed by atoms with E-state index in [0.29, 0.717) is 5.75 Å². The molecule has 106 valence electrons. The summed E-state index contributed by atoms with van der Waals surface area (Å²) in [6.07, 6.45) is -4.44.